The maximum absolute atomic E-state index is 12.2. The second-order valence-electron chi connectivity index (χ2n) is 5.15. The molecular weight excluding hydrogens is 306 g/mol. The molecule has 1 heterocycles. The first kappa shape index (κ1) is 15.9. The molecule has 7 heteroatoms. The zero-order valence-corrected chi connectivity index (χ0v) is 13.9. The summed E-state index contributed by atoms with van der Waals surface area (Å²) < 4.78 is 27.2. The Kier molecular flexibility index (Phi) is 4.65. The third kappa shape index (κ3) is 3.81. The van der Waals surface area contributed by atoms with E-state index in [0.29, 0.717) is 11.6 Å². The third-order valence-corrected chi connectivity index (χ3v) is 6.12. The van der Waals surface area contributed by atoms with Gasteiger partial charge in [-0.2, -0.15) is 0 Å². The molecule has 0 radical (unpaired) electrons. The van der Waals surface area contributed by atoms with Crippen molar-refractivity contribution in [3.8, 4) is 0 Å². The van der Waals surface area contributed by atoms with Crippen LogP contribution in [0.15, 0.2) is 28.5 Å². The minimum Gasteiger partial charge on any atom is -0.375 e. The normalized spacial score (nSPS) is 12.0. The van der Waals surface area contributed by atoms with Gasteiger partial charge in [-0.1, -0.05) is 49.4 Å². The fraction of sp³-hybridized carbons (Fsp3) is 0.357. The van der Waals surface area contributed by atoms with Crippen molar-refractivity contribution in [2.45, 2.75) is 37.4 Å². The maximum atomic E-state index is 12.2. The lowest BCUT2D eigenvalue weighted by atomic mass is 10.0. The molecule has 0 fully saturated rings. The van der Waals surface area contributed by atoms with Crippen molar-refractivity contribution in [2.24, 2.45) is 0 Å². The van der Waals surface area contributed by atoms with Crippen molar-refractivity contribution >= 4 is 26.5 Å². The van der Waals surface area contributed by atoms with E-state index in [4.69, 9.17) is 5.73 Å². The van der Waals surface area contributed by atoms with Crippen LogP contribution in [-0.4, -0.2) is 13.4 Å². The number of aryl methyl sites for hydroxylation is 1. The summed E-state index contributed by atoms with van der Waals surface area (Å²) in [6.07, 6.45) is 0. The van der Waals surface area contributed by atoms with E-state index < -0.39 is 10.0 Å². The van der Waals surface area contributed by atoms with E-state index in [1.807, 2.05) is 24.3 Å². The summed E-state index contributed by atoms with van der Waals surface area (Å²) in [5.41, 5.74) is 8.12. The van der Waals surface area contributed by atoms with E-state index in [2.05, 4.69) is 23.6 Å². The number of thiazole rings is 1. The van der Waals surface area contributed by atoms with Crippen LogP contribution in [0.5, 0.6) is 0 Å². The van der Waals surface area contributed by atoms with Crippen LogP contribution in [0.1, 0.15) is 36.6 Å². The van der Waals surface area contributed by atoms with Gasteiger partial charge in [-0.25, -0.2) is 18.1 Å². The molecule has 0 aliphatic heterocycles. The van der Waals surface area contributed by atoms with Crippen LogP contribution >= 0.6 is 11.3 Å². The first-order valence-corrected chi connectivity index (χ1v) is 8.91. The van der Waals surface area contributed by atoms with Crippen molar-refractivity contribution in [2.75, 3.05) is 5.73 Å². The molecule has 0 aliphatic rings. The number of nitrogens with one attached hydrogen (secondary N) is 1. The standard InChI is InChI=1S/C14H19N3O2S2/c1-9(2)12-6-4-11(5-7-12)8-16-21(18,19)13-10(3)17-14(15)20-13/h4-7,9,16H,8H2,1-3H3,(H2,15,17). The fourth-order valence-corrected chi connectivity index (χ4v) is 4.28. The molecule has 0 saturated heterocycles. The molecule has 0 amide bonds. The number of hydrogen-bond donors (Lipinski definition) is 2. The zero-order valence-electron chi connectivity index (χ0n) is 12.3. The van der Waals surface area contributed by atoms with Crippen LogP contribution in [-0.2, 0) is 16.6 Å². The Morgan fingerprint density at radius 3 is 2.38 bits per heavy atom. The van der Waals surface area contributed by atoms with Crippen molar-refractivity contribution < 1.29 is 8.42 Å². The smallest absolute Gasteiger partial charge is 0.252 e. The number of nitrogen functional groups attached to an aromatic ring is 1. The van der Waals surface area contributed by atoms with Gasteiger partial charge < -0.3 is 5.73 Å². The van der Waals surface area contributed by atoms with Gasteiger partial charge >= 0.3 is 0 Å². The molecule has 5 nitrogen and oxygen atoms in total. The number of anilines is 1. The van der Waals surface area contributed by atoms with Crippen molar-refractivity contribution in [3.05, 3.63) is 41.1 Å². The van der Waals surface area contributed by atoms with E-state index in [0.717, 1.165) is 16.9 Å². The summed E-state index contributed by atoms with van der Waals surface area (Å²) in [5, 5.41) is 0.258. The Labute approximate surface area is 129 Å². The number of sulfonamides is 1. The number of benzene rings is 1. The topological polar surface area (TPSA) is 85.1 Å². The monoisotopic (exact) mass is 325 g/mol. The minimum atomic E-state index is -3.57. The van der Waals surface area contributed by atoms with Crippen LogP contribution in [0, 0.1) is 6.92 Å². The Bertz CT molecular complexity index is 719. The van der Waals surface area contributed by atoms with E-state index in [1.54, 1.807) is 6.92 Å². The predicted molar refractivity (Wildman–Crippen MR) is 85.8 cm³/mol. The van der Waals surface area contributed by atoms with Crippen LogP contribution in [0.25, 0.3) is 0 Å². The quantitative estimate of drug-likeness (QED) is 0.885. The molecule has 2 aromatic rings. The van der Waals surface area contributed by atoms with Gasteiger partial charge in [-0.3, -0.25) is 0 Å². The van der Waals surface area contributed by atoms with Gasteiger partial charge in [0.15, 0.2) is 9.34 Å². The summed E-state index contributed by atoms with van der Waals surface area (Å²) in [4.78, 5) is 3.94. The molecule has 3 N–H and O–H groups in total. The molecule has 0 saturated carbocycles. The molecule has 0 spiro atoms. The summed E-state index contributed by atoms with van der Waals surface area (Å²) >= 11 is 0.979. The second kappa shape index (κ2) is 6.13. The first-order chi connectivity index (χ1) is 9.79. The lowest BCUT2D eigenvalue weighted by Gasteiger charge is -2.08. The molecule has 21 heavy (non-hydrogen) atoms. The molecule has 0 aliphatic carbocycles. The molecule has 0 bridgehead atoms. The van der Waals surface area contributed by atoms with Gasteiger partial charge in [-0.05, 0) is 24.0 Å². The van der Waals surface area contributed by atoms with Crippen LogP contribution in [0.3, 0.4) is 0 Å². The van der Waals surface area contributed by atoms with Gasteiger partial charge in [-0.15, -0.1) is 0 Å². The highest BCUT2D eigenvalue weighted by Crippen LogP contribution is 2.24. The van der Waals surface area contributed by atoms with Crippen molar-refractivity contribution in [1.82, 2.24) is 9.71 Å². The lowest BCUT2D eigenvalue weighted by Crippen LogP contribution is -2.23. The molecule has 1 aromatic carbocycles. The molecule has 114 valence electrons. The number of nitrogens with zero attached hydrogens (tertiary/aromatic N) is 1. The Morgan fingerprint density at radius 2 is 1.90 bits per heavy atom. The van der Waals surface area contributed by atoms with Gasteiger partial charge in [0.05, 0.1) is 5.69 Å². The number of hydrogen-bond acceptors (Lipinski definition) is 5. The van der Waals surface area contributed by atoms with Crippen LogP contribution in [0.4, 0.5) is 5.13 Å². The molecule has 0 unspecified atom stereocenters. The Balaban J connectivity index is 2.10. The largest absolute Gasteiger partial charge is 0.375 e. The fourth-order valence-electron chi connectivity index (χ4n) is 1.92. The minimum absolute atomic E-state index is 0.179. The van der Waals surface area contributed by atoms with Crippen molar-refractivity contribution in [1.29, 1.82) is 0 Å². The van der Waals surface area contributed by atoms with Crippen LogP contribution < -0.4 is 10.5 Å². The summed E-state index contributed by atoms with van der Waals surface area (Å²) in [7, 11) is -3.57. The number of rotatable bonds is 5. The number of aromatic nitrogens is 1. The molecule has 0 atom stereocenters. The second-order valence-corrected chi connectivity index (χ2v) is 8.14. The highest BCUT2D eigenvalue weighted by atomic mass is 32.2. The molecule has 2 rings (SSSR count). The predicted octanol–water partition coefficient (Wildman–Crippen LogP) is 2.64. The van der Waals surface area contributed by atoms with Crippen molar-refractivity contribution in [3.63, 3.8) is 0 Å². The summed E-state index contributed by atoms with van der Waals surface area (Å²) in [5.74, 6) is 0.457. The highest BCUT2D eigenvalue weighted by Gasteiger charge is 2.20. The SMILES string of the molecule is Cc1nc(N)sc1S(=O)(=O)NCc1ccc(C(C)C)cc1. The maximum Gasteiger partial charge on any atom is 0.252 e. The van der Waals surface area contributed by atoms with Crippen LogP contribution in [0.2, 0.25) is 0 Å². The molecular formula is C14H19N3O2S2. The average molecular weight is 325 g/mol. The van der Waals surface area contributed by atoms with E-state index in [1.165, 1.54) is 5.56 Å². The lowest BCUT2D eigenvalue weighted by molar-refractivity contribution is 0.582. The van der Waals surface area contributed by atoms with Gasteiger partial charge in [0.25, 0.3) is 10.0 Å². The first-order valence-electron chi connectivity index (χ1n) is 6.61. The van der Waals surface area contributed by atoms with Gasteiger partial charge in [0.2, 0.25) is 0 Å². The number of nitrogens with two attached hydrogens (primary N) is 1. The van der Waals surface area contributed by atoms with Gasteiger partial charge in [0.1, 0.15) is 0 Å². The summed E-state index contributed by atoms with van der Waals surface area (Å²) in [6.45, 7) is 6.13. The Hall–Kier alpha value is -1.44. The van der Waals surface area contributed by atoms with E-state index in [-0.39, 0.29) is 15.9 Å². The van der Waals surface area contributed by atoms with Gasteiger partial charge in [0, 0.05) is 6.54 Å². The summed E-state index contributed by atoms with van der Waals surface area (Å²) in [6, 6.07) is 7.91. The zero-order chi connectivity index (χ0) is 15.6. The average Bonchev–Trinajstić information content (AvgIpc) is 2.77. The van der Waals surface area contributed by atoms with E-state index in [9.17, 15) is 8.42 Å². The third-order valence-electron chi connectivity index (χ3n) is 3.13. The molecule has 1 aromatic heterocycles. The highest BCUT2D eigenvalue weighted by molar-refractivity contribution is 7.91. The Morgan fingerprint density at radius 1 is 1.29 bits per heavy atom. The van der Waals surface area contributed by atoms with E-state index >= 15 is 0 Å².